The summed E-state index contributed by atoms with van der Waals surface area (Å²) < 4.78 is 55.7. The van der Waals surface area contributed by atoms with Crippen molar-refractivity contribution < 1.29 is 31.5 Å². The number of esters is 1. The predicted octanol–water partition coefficient (Wildman–Crippen LogP) is 4.20. The highest BCUT2D eigenvalue weighted by Gasteiger charge is 2.28. The van der Waals surface area contributed by atoms with Gasteiger partial charge in [0.15, 0.2) is 0 Å². The summed E-state index contributed by atoms with van der Waals surface area (Å²) in [4.78, 5) is 25.6. The third kappa shape index (κ3) is 6.79. The van der Waals surface area contributed by atoms with Crippen molar-refractivity contribution in [2.45, 2.75) is 17.7 Å². The Labute approximate surface area is 217 Å². The van der Waals surface area contributed by atoms with E-state index in [0.29, 0.717) is 6.92 Å². The maximum Gasteiger partial charge on any atom is 0.339 e. The molecule has 1 heterocycles. The maximum atomic E-state index is 12.9. The summed E-state index contributed by atoms with van der Waals surface area (Å²) in [6.07, 6.45) is 1.73. The number of rotatable bonds is 6. The van der Waals surface area contributed by atoms with Gasteiger partial charge < -0.3 is 16.2 Å². The van der Waals surface area contributed by atoms with Gasteiger partial charge in [0.25, 0.3) is 15.9 Å². The van der Waals surface area contributed by atoms with Crippen LogP contribution in [0, 0.1) is 0 Å². The molecule has 198 valence electrons. The van der Waals surface area contributed by atoms with Crippen LogP contribution < -0.4 is 16.2 Å². The van der Waals surface area contributed by atoms with Gasteiger partial charge in [0.05, 0.1) is 28.8 Å². The highest BCUT2D eigenvalue weighted by atomic mass is 32.2. The molecule has 1 amide bonds. The second kappa shape index (κ2) is 11.2. The lowest BCUT2D eigenvalue weighted by Gasteiger charge is -2.12. The first-order valence-electron chi connectivity index (χ1n) is 11.0. The van der Waals surface area contributed by atoms with Crippen LogP contribution >= 0.6 is 0 Å². The van der Waals surface area contributed by atoms with Crippen molar-refractivity contribution >= 4 is 44.2 Å². The average Bonchev–Trinajstić information content (AvgIpc) is 2.87. The van der Waals surface area contributed by atoms with Crippen LogP contribution in [0.3, 0.4) is 0 Å². The van der Waals surface area contributed by atoms with Gasteiger partial charge in [0.1, 0.15) is 0 Å². The fraction of sp³-hybridized carbons (Fsp3) is 0.115. The number of nitrogens with one attached hydrogen (secondary N) is 1. The van der Waals surface area contributed by atoms with Crippen LogP contribution in [0.4, 0.5) is 20.2 Å². The SMILES string of the molecule is CC(F)(F)C(N)=O.COC(=O)c1ccc(NS(=O)(=O)c2cccc(-c3ccc4ncccc4c3)c2)cc1N. The number of ether oxygens (including phenoxy) is 1. The second-order valence-corrected chi connectivity index (χ2v) is 9.77. The van der Waals surface area contributed by atoms with E-state index in [1.54, 1.807) is 18.3 Å². The number of carbonyl (C=O) groups excluding carboxylic acids is 2. The lowest BCUT2D eigenvalue weighted by Crippen LogP contribution is -2.31. The number of anilines is 2. The Morgan fingerprint density at radius 1 is 0.974 bits per heavy atom. The fourth-order valence-corrected chi connectivity index (χ4v) is 4.33. The summed E-state index contributed by atoms with van der Waals surface area (Å²) in [6, 6.07) is 20.5. The molecular formula is C26H24F2N4O5S. The zero-order chi connectivity index (χ0) is 28.1. The Kier molecular flexibility index (Phi) is 8.26. The number of nitrogen functional groups attached to an aromatic ring is 1. The van der Waals surface area contributed by atoms with Crippen LogP contribution in [0.15, 0.2) is 83.9 Å². The number of halogens is 2. The molecule has 0 aliphatic carbocycles. The molecule has 0 saturated heterocycles. The molecule has 0 fully saturated rings. The Hall–Kier alpha value is -4.58. The van der Waals surface area contributed by atoms with Crippen molar-refractivity contribution in [3.63, 3.8) is 0 Å². The molecule has 0 aliphatic rings. The Bertz CT molecular complexity index is 1610. The molecule has 0 atom stereocenters. The maximum absolute atomic E-state index is 12.9. The van der Waals surface area contributed by atoms with Crippen molar-refractivity contribution in [3.05, 3.63) is 84.6 Å². The molecule has 38 heavy (non-hydrogen) atoms. The zero-order valence-electron chi connectivity index (χ0n) is 20.3. The molecule has 3 aromatic carbocycles. The topological polar surface area (TPSA) is 154 Å². The summed E-state index contributed by atoms with van der Waals surface area (Å²) in [5, 5.41) is 0.965. The average molecular weight is 543 g/mol. The lowest BCUT2D eigenvalue weighted by atomic mass is 10.0. The number of amides is 1. The minimum Gasteiger partial charge on any atom is -0.465 e. The predicted molar refractivity (Wildman–Crippen MR) is 140 cm³/mol. The van der Waals surface area contributed by atoms with Gasteiger partial charge in [-0.05, 0) is 59.7 Å². The van der Waals surface area contributed by atoms with E-state index in [2.05, 4.69) is 20.2 Å². The zero-order valence-corrected chi connectivity index (χ0v) is 21.1. The normalized spacial score (nSPS) is 11.3. The minimum absolute atomic E-state index is 0.104. The van der Waals surface area contributed by atoms with Gasteiger partial charge in [-0.15, -0.1) is 0 Å². The smallest absolute Gasteiger partial charge is 0.339 e. The van der Waals surface area contributed by atoms with E-state index in [0.717, 1.165) is 22.0 Å². The van der Waals surface area contributed by atoms with Crippen LogP contribution in [0.2, 0.25) is 0 Å². The fourth-order valence-electron chi connectivity index (χ4n) is 3.23. The van der Waals surface area contributed by atoms with Gasteiger partial charge in [-0.2, -0.15) is 8.78 Å². The molecule has 0 saturated carbocycles. The standard InChI is InChI=1S/C23H19N3O4S.C3H5F2NO/c1-30-23(27)20-9-8-18(14-21(20)24)26-31(28,29)19-6-2-4-15(13-19)16-7-10-22-17(12-16)5-3-11-25-22;1-3(4,5)2(6)7/h2-14,26H,24H2,1H3;1H3,(H2,6,7). The molecule has 1 aromatic heterocycles. The van der Waals surface area contributed by atoms with Gasteiger partial charge in [-0.3, -0.25) is 14.5 Å². The Morgan fingerprint density at radius 2 is 1.66 bits per heavy atom. The van der Waals surface area contributed by atoms with Crippen LogP contribution in [0.25, 0.3) is 22.0 Å². The molecular weight excluding hydrogens is 518 g/mol. The third-order valence-electron chi connectivity index (χ3n) is 5.22. The number of methoxy groups -OCH3 is 1. The number of fused-ring (bicyclic) bond motifs is 1. The van der Waals surface area contributed by atoms with Crippen LogP contribution in [-0.4, -0.2) is 38.3 Å². The molecule has 5 N–H and O–H groups in total. The number of hydrogen-bond acceptors (Lipinski definition) is 7. The van der Waals surface area contributed by atoms with Crippen molar-refractivity contribution in [2.24, 2.45) is 5.73 Å². The number of aromatic nitrogens is 1. The summed E-state index contributed by atoms with van der Waals surface area (Å²) in [6.45, 7) is 0.454. The Morgan fingerprint density at radius 3 is 2.29 bits per heavy atom. The highest BCUT2D eigenvalue weighted by molar-refractivity contribution is 7.92. The van der Waals surface area contributed by atoms with Crippen molar-refractivity contribution in [3.8, 4) is 11.1 Å². The van der Waals surface area contributed by atoms with Crippen LogP contribution in [-0.2, 0) is 19.6 Å². The van der Waals surface area contributed by atoms with E-state index < -0.39 is 27.8 Å². The molecule has 0 spiro atoms. The number of nitrogens with zero attached hydrogens (tertiary/aromatic N) is 1. The molecule has 0 aliphatic heterocycles. The van der Waals surface area contributed by atoms with E-state index in [4.69, 9.17) is 5.73 Å². The van der Waals surface area contributed by atoms with Gasteiger partial charge >= 0.3 is 11.9 Å². The molecule has 4 rings (SSSR count). The van der Waals surface area contributed by atoms with Gasteiger partial charge in [-0.1, -0.05) is 24.3 Å². The van der Waals surface area contributed by atoms with Crippen molar-refractivity contribution in [1.82, 2.24) is 4.98 Å². The molecule has 9 nitrogen and oxygen atoms in total. The van der Waals surface area contributed by atoms with Gasteiger partial charge in [0.2, 0.25) is 0 Å². The lowest BCUT2D eigenvalue weighted by molar-refractivity contribution is -0.139. The molecule has 12 heteroatoms. The summed E-state index contributed by atoms with van der Waals surface area (Å²) in [7, 11) is -2.63. The summed E-state index contributed by atoms with van der Waals surface area (Å²) in [5.41, 5.74) is 13.1. The molecule has 0 unspecified atom stereocenters. The number of nitrogens with two attached hydrogens (primary N) is 2. The highest BCUT2D eigenvalue weighted by Crippen LogP contribution is 2.27. The summed E-state index contributed by atoms with van der Waals surface area (Å²) >= 11 is 0. The largest absolute Gasteiger partial charge is 0.465 e. The Balaban J connectivity index is 0.000000505. The third-order valence-corrected chi connectivity index (χ3v) is 6.60. The molecule has 0 radical (unpaired) electrons. The summed E-state index contributed by atoms with van der Waals surface area (Å²) in [5.74, 6) is -5.54. The van der Waals surface area contributed by atoms with E-state index in [-0.39, 0.29) is 21.8 Å². The molecule has 4 aromatic rings. The van der Waals surface area contributed by atoms with E-state index in [9.17, 15) is 26.8 Å². The number of carbonyl (C=O) groups is 2. The number of pyridine rings is 1. The number of alkyl halides is 2. The first-order valence-corrected chi connectivity index (χ1v) is 12.4. The number of primary amides is 1. The first-order chi connectivity index (χ1) is 17.8. The quantitative estimate of drug-likeness (QED) is 0.244. The first kappa shape index (κ1) is 28.0. The van der Waals surface area contributed by atoms with Crippen molar-refractivity contribution in [1.29, 1.82) is 0 Å². The van der Waals surface area contributed by atoms with Crippen molar-refractivity contribution in [2.75, 3.05) is 17.6 Å². The monoisotopic (exact) mass is 542 g/mol. The second-order valence-electron chi connectivity index (χ2n) is 8.09. The van der Waals surface area contributed by atoms with E-state index in [1.165, 1.54) is 31.4 Å². The van der Waals surface area contributed by atoms with Gasteiger partial charge in [0, 0.05) is 24.2 Å². The number of hydrogen-bond donors (Lipinski definition) is 3. The number of sulfonamides is 1. The van der Waals surface area contributed by atoms with Crippen LogP contribution in [0.1, 0.15) is 17.3 Å². The molecule has 0 bridgehead atoms. The van der Waals surface area contributed by atoms with E-state index in [1.807, 2.05) is 36.4 Å². The van der Waals surface area contributed by atoms with Crippen LogP contribution in [0.5, 0.6) is 0 Å². The minimum atomic E-state index is -3.88. The number of benzene rings is 3. The van der Waals surface area contributed by atoms with Gasteiger partial charge in [-0.25, -0.2) is 13.2 Å². The van der Waals surface area contributed by atoms with E-state index >= 15 is 0 Å².